The molecule has 7 nitrogen and oxygen atoms in total. The summed E-state index contributed by atoms with van der Waals surface area (Å²) in [7, 11) is 0. The van der Waals surface area contributed by atoms with E-state index >= 15 is 0 Å². The zero-order chi connectivity index (χ0) is 25.6. The summed E-state index contributed by atoms with van der Waals surface area (Å²) in [5.74, 6) is 0.000514. The van der Waals surface area contributed by atoms with E-state index in [9.17, 15) is 4.79 Å². The van der Waals surface area contributed by atoms with E-state index in [0.29, 0.717) is 12.5 Å². The van der Waals surface area contributed by atoms with E-state index in [-0.39, 0.29) is 28.1 Å². The summed E-state index contributed by atoms with van der Waals surface area (Å²) in [6.07, 6.45) is 3.21. The molecule has 3 atom stereocenters. The summed E-state index contributed by atoms with van der Waals surface area (Å²) in [5.41, 5.74) is -1.37. The maximum Gasteiger partial charge on any atom is 0.348 e. The Balaban J connectivity index is 0.000000739. The molecule has 0 bridgehead atoms. The highest BCUT2D eigenvalue weighted by Gasteiger charge is 2.41. The molecule has 192 valence electrons. The number of carbonyl (C=O) groups excluding carboxylic acids is 1. The molecule has 0 aromatic heterocycles. The van der Waals surface area contributed by atoms with Crippen LogP contribution in [0.4, 0.5) is 0 Å². The van der Waals surface area contributed by atoms with Gasteiger partial charge in [0.1, 0.15) is 0 Å². The molecule has 7 heteroatoms. The first-order valence-corrected chi connectivity index (χ1v) is 11.6. The van der Waals surface area contributed by atoms with Gasteiger partial charge in [0.2, 0.25) is 0 Å². The van der Waals surface area contributed by atoms with Gasteiger partial charge in [0, 0.05) is 0 Å². The SMILES string of the molecule is CC(C)(C)C(C)(C)C(=O)OO.CC1CC(OOC(C)(C)C)CC(C)(COOC(C)(C)C)C1. The van der Waals surface area contributed by atoms with Crippen LogP contribution in [0.2, 0.25) is 0 Å². The lowest BCUT2D eigenvalue weighted by Crippen LogP contribution is -2.39. The smallest absolute Gasteiger partial charge is 0.300 e. The summed E-state index contributed by atoms with van der Waals surface area (Å²) < 4.78 is 0. The van der Waals surface area contributed by atoms with Crippen molar-refractivity contribution in [3.05, 3.63) is 0 Å². The van der Waals surface area contributed by atoms with Crippen molar-refractivity contribution in [1.82, 2.24) is 0 Å². The molecule has 0 radical (unpaired) electrons. The van der Waals surface area contributed by atoms with Crippen LogP contribution < -0.4 is 0 Å². The highest BCUT2D eigenvalue weighted by molar-refractivity contribution is 5.76. The van der Waals surface area contributed by atoms with Crippen molar-refractivity contribution in [1.29, 1.82) is 0 Å². The normalized spacial score (nSPS) is 25.1. The second-order valence-corrected chi connectivity index (χ2v) is 13.2. The molecule has 0 aromatic rings. The third kappa shape index (κ3) is 11.9. The molecule has 3 unspecified atom stereocenters. The third-order valence-electron chi connectivity index (χ3n) is 5.85. The molecule has 1 fully saturated rings. The molecule has 1 aliphatic carbocycles. The van der Waals surface area contributed by atoms with E-state index in [1.54, 1.807) is 13.8 Å². The minimum absolute atomic E-state index is 0.0643. The molecule has 32 heavy (non-hydrogen) atoms. The Morgan fingerprint density at radius 3 is 1.78 bits per heavy atom. The van der Waals surface area contributed by atoms with Gasteiger partial charge >= 0.3 is 5.97 Å². The molecule has 0 spiro atoms. The van der Waals surface area contributed by atoms with Gasteiger partial charge in [0.05, 0.1) is 29.3 Å². The maximum atomic E-state index is 11.0. The van der Waals surface area contributed by atoms with Crippen molar-refractivity contribution < 1.29 is 34.5 Å². The van der Waals surface area contributed by atoms with E-state index < -0.39 is 11.4 Å². The fraction of sp³-hybridized carbons (Fsp3) is 0.960. The Morgan fingerprint density at radius 1 is 0.906 bits per heavy atom. The van der Waals surface area contributed by atoms with Crippen LogP contribution in [0.3, 0.4) is 0 Å². The first kappa shape index (κ1) is 31.3. The lowest BCUT2D eigenvalue weighted by atomic mass is 9.69. The predicted molar refractivity (Wildman–Crippen MR) is 126 cm³/mol. The largest absolute Gasteiger partial charge is 0.348 e. The van der Waals surface area contributed by atoms with Crippen LogP contribution in [0, 0.1) is 22.2 Å². The Morgan fingerprint density at radius 2 is 1.41 bits per heavy atom. The molecule has 1 aliphatic rings. The minimum Gasteiger partial charge on any atom is -0.300 e. The zero-order valence-electron chi connectivity index (χ0n) is 22.9. The number of rotatable bonds is 6. The summed E-state index contributed by atoms with van der Waals surface area (Å²) in [6.45, 7) is 26.3. The van der Waals surface area contributed by atoms with Crippen molar-refractivity contribution in [3.63, 3.8) is 0 Å². The second kappa shape index (κ2) is 11.6. The number of hydrogen-bond acceptors (Lipinski definition) is 7. The van der Waals surface area contributed by atoms with Crippen molar-refractivity contribution >= 4 is 5.97 Å². The van der Waals surface area contributed by atoms with Crippen LogP contribution in [0.5, 0.6) is 0 Å². The van der Waals surface area contributed by atoms with Gasteiger partial charge in [-0.25, -0.2) is 24.3 Å². The van der Waals surface area contributed by atoms with E-state index in [0.717, 1.165) is 19.3 Å². The van der Waals surface area contributed by atoms with Crippen LogP contribution in [-0.2, 0) is 29.2 Å². The molecule has 0 saturated heterocycles. The Kier molecular flexibility index (Phi) is 11.3. The Labute approximate surface area is 196 Å². The lowest BCUT2D eigenvalue weighted by molar-refractivity contribution is -0.389. The average molecular weight is 463 g/mol. The van der Waals surface area contributed by atoms with Gasteiger partial charge in [-0.05, 0) is 91.4 Å². The molecule has 0 aromatic carbocycles. The quantitative estimate of drug-likeness (QED) is 0.345. The fourth-order valence-corrected chi connectivity index (χ4v) is 3.26. The van der Waals surface area contributed by atoms with Crippen molar-refractivity contribution in [2.45, 2.75) is 127 Å². The minimum atomic E-state index is -0.665. The number of carbonyl (C=O) groups is 1. The molecule has 0 aliphatic heterocycles. The van der Waals surface area contributed by atoms with Gasteiger partial charge in [-0.3, -0.25) is 0 Å². The lowest BCUT2D eigenvalue weighted by Gasteiger charge is -2.40. The van der Waals surface area contributed by atoms with Crippen LogP contribution in [0.1, 0.15) is 109 Å². The molecular weight excluding hydrogens is 412 g/mol. The van der Waals surface area contributed by atoms with Gasteiger partial charge in [-0.1, -0.05) is 34.6 Å². The standard InChI is InChI=1S/C17H34O4.C8H16O3/c1-13-9-14(19-21-16(5,6)7)11-17(8,10-13)12-18-20-15(2,3)4;1-7(2,3)8(4,5)6(9)11-10/h13-14H,9-12H2,1-8H3;10H,1-5H3. The van der Waals surface area contributed by atoms with Gasteiger partial charge in [-0.2, -0.15) is 5.26 Å². The van der Waals surface area contributed by atoms with E-state index in [2.05, 4.69) is 18.7 Å². The highest BCUT2D eigenvalue weighted by Crippen LogP contribution is 2.41. The van der Waals surface area contributed by atoms with Crippen molar-refractivity contribution in [3.8, 4) is 0 Å². The van der Waals surface area contributed by atoms with Gasteiger partial charge < -0.3 is 4.89 Å². The van der Waals surface area contributed by atoms with Gasteiger partial charge in [-0.15, -0.1) is 0 Å². The molecular formula is C25H50O7. The molecule has 1 saturated carbocycles. The molecule has 0 amide bonds. The highest BCUT2D eigenvalue weighted by atomic mass is 17.2. The first-order chi connectivity index (χ1) is 14.1. The summed E-state index contributed by atoms with van der Waals surface area (Å²) in [6, 6.07) is 0. The fourth-order valence-electron chi connectivity index (χ4n) is 3.26. The van der Waals surface area contributed by atoms with Crippen LogP contribution >= 0.6 is 0 Å². The third-order valence-corrected chi connectivity index (χ3v) is 5.85. The van der Waals surface area contributed by atoms with Crippen LogP contribution in [0.25, 0.3) is 0 Å². The van der Waals surface area contributed by atoms with E-state index in [1.165, 1.54) is 0 Å². The first-order valence-electron chi connectivity index (χ1n) is 11.6. The summed E-state index contributed by atoms with van der Waals surface area (Å²) >= 11 is 0. The Hall–Kier alpha value is -0.730. The molecule has 1 rings (SSSR count). The second-order valence-electron chi connectivity index (χ2n) is 13.2. The van der Waals surface area contributed by atoms with Crippen LogP contribution in [0.15, 0.2) is 0 Å². The van der Waals surface area contributed by atoms with Crippen molar-refractivity contribution in [2.24, 2.45) is 22.2 Å². The summed E-state index contributed by atoms with van der Waals surface area (Å²) in [5, 5.41) is 8.18. The average Bonchev–Trinajstić information content (AvgIpc) is 2.56. The number of hydrogen-bond donors (Lipinski definition) is 1. The van der Waals surface area contributed by atoms with E-state index in [1.807, 2.05) is 62.3 Å². The predicted octanol–water partition coefficient (Wildman–Crippen LogP) is 6.75. The van der Waals surface area contributed by atoms with Crippen molar-refractivity contribution in [2.75, 3.05) is 6.61 Å². The monoisotopic (exact) mass is 462 g/mol. The van der Waals surface area contributed by atoms with Crippen LogP contribution in [-0.4, -0.2) is 35.1 Å². The summed E-state index contributed by atoms with van der Waals surface area (Å²) in [4.78, 5) is 36.8. The maximum absolute atomic E-state index is 11.0. The Bertz CT molecular complexity index is 566. The zero-order valence-corrected chi connectivity index (χ0v) is 22.9. The van der Waals surface area contributed by atoms with Gasteiger partial charge in [0.25, 0.3) is 0 Å². The van der Waals surface area contributed by atoms with E-state index in [4.69, 9.17) is 24.8 Å². The molecule has 0 heterocycles. The molecule has 1 N–H and O–H groups in total. The topological polar surface area (TPSA) is 83.5 Å². The van der Waals surface area contributed by atoms with Gasteiger partial charge in [0.15, 0.2) is 0 Å².